The zero-order chi connectivity index (χ0) is 12.3. The van der Waals surface area contributed by atoms with Crippen molar-refractivity contribution in [2.75, 3.05) is 6.26 Å². The molecule has 0 aliphatic heterocycles. The standard InChI is InChI=1S/C11H17N3O2S/c1-17(16)11-13-12-8-14(11)7-10(15)9-5-3-2-4-6-9/h8-9H,2-7H2,1H3. The Labute approximate surface area is 103 Å². The van der Waals surface area contributed by atoms with E-state index in [0.717, 1.165) is 25.7 Å². The van der Waals surface area contributed by atoms with Gasteiger partial charge in [0.25, 0.3) is 0 Å². The van der Waals surface area contributed by atoms with E-state index in [1.165, 1.54) is 12.7 Å². The maximum Gasteiger partial charge on any atom is 0.221 e. The van der Waals surface area contributed by atoms with Gasteiger partial charge in [-0.3, -0.25) is 13.6 Å². The van der Waals surface area contributed by atoms with Gasteiger partial charge in [0, 0.05) is 12.2 Å². The van der Waals surface area contributed by atoms with Gasteiger partial charge in [-0.05, 0) is 12.8 Å². The predicted octanol–water partition coefficient (Wildman–Crippen LogP) is 1.16. The van der Waals surface area contributed by atoms with Crippen molar-refractivity contribution in [2.24, 2.45) is 5.92 Å². The van der Waals surface area contributed by atoms with Crippen LogP contribution in [-0.4, -0.2) is 31.0 Å². The first-order valence-electron chi connectivity index (χ1n) is 5.92. The average molecular weight is 255 g/mol. The van der Waals surface area contributed by atoms with E-state index >= 15 is 0 Å². The van der Waals surface area contributed by atoms with Gasteiger partial charge >= 0.3 is 0 Å². The SMILES string of the molecule is CS(=O)c1nncn1CC(=O)C1CCCCC1. The first-order chi connectivity index (χ1) is 8.18. The van der Waals surface area contributed by atoms with Crippen molar-refractivity contribution >= 4 is 16.6 Å². The zero-order valence-electron chi connectivity index (χ0n) is 9.96. The number of carbonyl (C=O) groups is 1. The number of aromatic nitrogens is 3. The Kier molecular flexibility index (Phi) is 4.04. The van der Waals surface area contributed by atoms with Gasteiger partial charge in [-0.2, -0.15) is 0 Å². The second-order valence-corrected chi connectivity index (χ2v) is 5.77. The molecule has 0 amide bonds. The molecule has 17 heavy (non-hydrogen) atoms. The van der Waals surface area contributed by atoms with Crippen LogP contribution in [0, 0.1) is 5.92 Å². The van der Waals surface area contributed by atoms with Gasteiger partial charge in [0.2, 0.25) is 5.16 Å². The molecule has 94 valence electrons. The lowest BCUT2D eigenvalue weighted by molar-refractivity contribution is -0.124. The molecule has 0 spiro atoms. The lowest BCUT2D eigenvalue weighted by atomic mass is 9.86. The largest absolute Gasteiger partial charge is 0.299 e. The third kappa shape index (κ3) is 3.00. The molecule has 0 aromatic carbocycles. The summed E-state index contributed by atoms with van der Waals surface area (Å²) < 4.78 is 13.0. The van der Waals surface area contributed by atoms with E-state index in [0.29, 0.717) is 5.16 Å². The van der Waals surface area contributed by atoms with Crippen LogP contribution in [0.5, 0.6) is 0 Å². The van der Waals surface area contributed by atoms with Crippen LogP contribution in [0.1, 0.15) is 32.1 Å². The molecular weight excluding hydrogens is 238 g/mol. The normalized spacial score (nSPS) is 19.1. The molecule has 6 heteroatoms. The highest BCUT2D eigenvalue weighted by Gasteiger charge is 2.22. The van der Waals surface area contributed by atoms with Gasteiger partial charge in [-0.1, -0.05) is 19.3 Å². The molecule has 1 fully saturated rings. The molecule has 1 heterocycles. The summed E-state index contributed by atoms with van der Waals surface area (Å²) in [5, 5.41) is 7.87. The fourth-order valence-electron chi connectivity index (χ4n) is 2.30. The van der Waals surface area contributed by atoms with Crippen LogP contribution in [0.3, 0.4) is 0 Å². The van der Waals surface area contributed by atoms with Crippen molar-refractivity contribution in [3.8, 4) is 0 Å². The monoisotopic (exact) mass is 255 g/mol. The summed E-state index contributed by atoms with van der Waals surface area (Å²) in [5.41, 5.74) is 0. The van der Waals surface area contributed by atoms with E-state index in [4.69, 9.17) is 0 Å². The van der Waals surface area contributed by atoms with Gasteiger partial charge in [-0.25, -0.2) is 0 Å². The Hall–Kier alpha value is -1.04. The molecule has 1 atom stereocenters. The molecule has 1 saturated carbocycles. The van der Waals surface area contributed by atoms with Gasteiger partial charge in [-0.15, -0.1) is 10.2 Å². The summed E-state index contributed by atoms with van der Waals surface area (Å²) in [5.74, 6) is 0.389. The molecule has 1 aliphatic carbocycles. The second-order valence-electron chi connectivity index (χ2n) is 4.50. The minimum absolute atomic E-state index is 0.171. The van der Waals surface area contributed by atoms with Crippen LogP contribution in [0.2, 0.25) is 0 Å². The molecule has 1 aliphatic rings. The zero-order valence-corrected chi connectivity index (χ0v) is 10.8. The van der Waals surface area contributed by atoms with E-state index in [9.17, 15) is 9.00 Å². The minimum Gasteiger partial charge on any atom is -0.299 e. The highest BCUT2D eigenvalue weighted by molar-refractivity contribution is 7.84. The molecule has 0 bridgehead atoms. The number of hydrogen-bond donors (Lipinski definition) is 0. The Morgan fingerprint density at radius 3 is 2.82 bits per heavy atom. The van der Waals surface area contributed by atoms with Crippen LogP contribution < -0.4 is 0 Å². The lowest BCUT2D eigenvalue weighted by Crippen LogP contribution is -2.23. The summed E-state index contributed by atoms with van der Waals surface area (Å²) in [6.45, 7) is 0.257. The van der Waals surface area contributed by atoms with Crippen LogP contribution in [0.4, 0.5) is 0 Å². The van der Waals surface area contributed by atoms with E-state index in [-0.39, 0.29) is 18.2 Å². The summed E-state index contributed by atoms with van der Waals surface area (Å²) >= 11 is 0. The number of rotatable bonds is 4. The van der Waals surface area contributed by atoms with Crippen molar-refractivity contribution in [2.45, 2.75) is 43.8 Å². The summed E-state index contributed by atoms with van der Waals surface area (Å²) in [4.78, 5) is 12.1. The fraction of sp³-hybridized carbons (Fsp3) is 0.727. The highest BCUT2D eigenvalue weighted by Crippen LogP contribution is 2.24. The summed E-state index contributed by atoms with van der Waals surface area (Å²) in [6, 6.07) is 0. The quantitative estimate of drug-likeness (QED) is 0.810. The topological polar surface area (TPSA) is 64.8 Å². The predicted molar refractivity (Wildman–Crippen MR) is 63.9 cm³/mol. The highest BCUT2D eigenvalue weighted by atomic mass is 32.2. The van der Waals surface area contributed by atoms with E-state index in [2.05, 4.69) is 10.2 Å². The van der Waals surface area contributed by atoms with Crippen molar-refractivity contribution in [1.29, 1.82) is 0 Å². The van der Waals surface area contributed by atoms with E-state index < -0.39 is 10.8 Å². The van der Waals surface area contributed by atoms with Gasteiger partial charge in [0.15, 0.2) is 5.78 Å². The number of ketones is 1. The summed E-state index contributed by atoms with van der Waals surface area (Å²) in [7, 11) is -1.19. The third-order valence-corrected chi connectivity index (χ3v) is 4.05. The van der Waals surface area contributed by atoms with E-state index in [1.54, 1.807) is 10.8 Å². The third-order valence-electron chi connectivity index (χ3n) is 3.22. The van der Waals surface area contributed by atoms with Crippen LogP contribution in [0.15, 0.2) is 11.5 Å². The number of nitrogens with zero attached hydrogens (tertiary/aromatic N) is 3. The minimum atomic E-state index is -1.19. The maximum atomic E-state index is 12.1. The van der Waals surface area contributed by atoms with Crippen molar-refractivity contribution in [3.63, 3.8) is 0 Å². The molecule has 0 N–H and O–H groups in total. The van der Waals surface area contributed by atoms with Gasteiger partial charge < -0.3 is 0 Å². The Balaban J connectivity index is 2.02. The Morgan fingerprint density at radius 1 is 1.47 bits per heavy atom. The van der Waals surface area contributed by atoms with Crippen LogP contribution in [0.25, 0.3) is 0 Å². The second kappa shape index (κ2) is 5.53. The van der Waals surface area contributed by atoms with Gasteiger partial charge in [0.1, 0.15) is 6.33 Å². The Morgan fingerprint density at radius 2 is 2.18 bits per heavy atom. The molecule has 1 unspecified atom stereocenters. The molecular formula is C11H17N3O2S. The van der Waals surface area contributed by atoms with Crippen molar-refractivity contribution in [3.05, 3.63) is 6.33 Å². The molecule has 1 aromatic heterocycles. The molecule has 5 nitrogen and oxygen atoms in total. The molecule has 0 saturated heterocycles. The molecule has 1 aromatic rings. The lowest BCUT2D eigenvalue weighted by Gasteiger charge is -2.20. The van der Waals surface area contributed by atoms with Crippen molar-refractivity contribution < 1.29 is 9.00 Å². The average Bonchev–Trinajstić information content (AvgIpc) is 2.78. The van der Waals surface area contributed by atoms with Crippen molar-refractivity contribution in [1.82, 2.24) is 14.8 Å². The number of carbonyl (C=O) groups excluding carboxylic acids is 1. The van der Waals surface area contributed by atoms with Crippen LogP contribution >= 0.6 is 0 Å². The fourth-order valence-corrected chi connectivity index (χ4v) is 2.90. The first kappa shape index (κ1) is 12.4. The smallest absolute Gasteiger partial charge is 0.221 e. The molecule has 2 rings (SSSR count). The molecule has 0 radical (unpaired) electrons. The maximum absolute atomic E-state index is 12.1. The Bertz CT molecular complexity index is 424. The number of hydrogen-bond acceptors (Lipinski definition) is 4. The van der Waals surface area contributed by atoms with E-state index in [1.807, 2.05) is 0 Å². The first-order valence-corrected chi connectivity index (χ1v) is 7.48. The summed E-state index contributed by atoms with van der Waals surface area (Å²) in [6.07, 6.45) is 8.54. The van der Waals surface area contributed by atoms with Crippen LogP contribution in [-0.2, 0) is 22.1 Å². The van der Waals surface area contributed by atoms with Gasteiger partial charge in [0.05, 0.1) is 17.3 Å². The number of Topliss-reactive ketones (excluding diaryl/α,β-unsaturated/α-hetero) is 1.